The average molecular weight is 253 g/mol. The molecular weight excluding hydrogens is 231 g/mol. The van der Waals surface area contributed by atoms with Gasteiger partial charge in [0.25, 0.3) is 0 Å². The van der Waals surface area contributed by atoms with Crippen LogP contribution >= 0.6 is 0 Å². The molecule has 0 aliphatic heterocycles. The van der Waals surface area contributed by atoms with Gasteiger partial charge in [-0.2, -0.15) is 13.2 Å². The van der Waals surface area contributed by atoms with Gasteiger partial charge in [0.05, 0.1) is 5.92 Å². The van der Waals surface area contributed by atoms with Gasteiger partial charge in [0.2, 0.25) is 0 Å². The number of rotatable bonds is 4. The van der Waals surface area contributed by atoms with Crippen molar-refractivity contribution in [1.29, 1.82) is 0 Å². The third kappa shape index (κ3) is 4.47. The fraction of sp³-hybridized carbons (Fsp3) is 1.00. The zero-order chi connectivity index (χ0) is 13.1. The molecule has 0 heterocycles. The lowest BCUT2D eigenvalue weighted by Crippen LogP contribution is -2.45. The zero-order valence-electron chi connectivity index (χ0n) is 10.4. The first kappa shape index (κ1) is 14.8. The van der Waals surface area contributed by atoms with Crippen molar-refractivity contribution < 1.29 is 18.3 Å². The van der Waals surface area contributed by atoms with E-state index in [-0.39, 0.29) is 37.5 Å². The summed E-state index contributed by atoms with van der Waals surface area (Å²) >= 11 is 0. The van der Waals surface area contributed by atoms with Crippen molar-refractivity contribution in [2.75, 3.05) is 6.61 Å². The van der Waals surface area contributed by atoms with E-state index in [0.717, 1.165) is 6.42 Å². The van der Waals surface area contributed by atoms with E-state index >= 15 is 0 Å². The second-order valence-corrected chi connectivity index (χ2v) is 5.22. The van der Waals surface area contributed by atoms with Gasteiger partial charge in [-0.1, -0.05) is 13.3 Å². The minimum absolute atomic E-state index is 0.0528. The molecule has 0 aromatic carbocycles. The van der Waals surface area contributed by atoms with Crippen molar-refractivity contribution in [1.82, 2.24) is 5.32 Å². The van der Waals surface area contributed by atoms with Crippen LogP contribution in [0.3, 0.4) is 0 Å². The molecule has 0 saturated heterocycles. The van der Waals surface area contributed by atoms with Gasteiger partial charge in [0.1, 0.15) is 0 Å². The topological polar surface area (TPSA) is 32.3 Å². The molecule has 0 bridgehead atoms. The monoisotopic (exact) mass is 253 g/mol. The summed E-state index contributed by atoms with van der Waals surface area (Å²) in [7, 11) is 0. The highest BCUT2D eigenvalue weighted by Gasteiger charge is 2.42. The van der Waals surface area contributed by atoms with Crippen LogP contribution in [-0.4, -0.2) is 30.0 Å². The molecule has 4 unspecified atom stereocenters. The zero-order valence-corrected chi connectivity index (χ0v) is 10.4. The minimum Gasteiger partial charge on any atom is -0.396 e. The third-order valence-electron chi connectivity index (χ3n) is 3.78. The van der Waals surface area contributed by atoms with Crippen LogP contribution in [0, 0.1) is 11.8 Å². The fourth-order valence-electron chi connectivity index (χ4n) is 2.33. The first-order valence-corrected chi connectivity index (χ1v) is 6.28. The first-order valence-electron chi connectivity index (χ1n) is 6.28. The predicted octanol–water partition coefficient (Wildman–Crippen LogP) is 2.71. The van der Waals surface area contributed by atoms with Gasteiger partial charge >= 0.3 is 6.18 Å². The molecule has 0 aromatic heterocycles. The molecular formula is C12H22F3NO. The SMILES string of the molecule is CC(CO)C(C)NC1CCCC(C(F)(F)F)C1. The highest BCUT2D eigenvalue weighted by atomic mass is 19.4. The number of aliphatic hydroxyl groups excluding tert-OH is 1. The van der Waals surface area contributed by atoms with Crippen LogP contribution in [0.2, 0.25) is 0 Å². The van der Waals surface area contributed by atoms with Gasteiger partial charge in [-0.25, -0.2) is 0 Å². The fourth-order valence-corrected chi connectivity index (χ4v) is 2.33. The van der Waals surface area contributed by atoms with Gasteiger partial charge in [0.15, 0.2) is 0 Å². The number of nitrogens with one attached hydrogen (secondary N) is 1. The Hall–Kier alpha value is -0.290. The van der Waals surface area contributed by atoms with E-state index in [1.54, 1.807) is 0 Å². The summed E-state index contributed by atoms with van der Waals surface area (Å²) in [5, 5.41) is 12.2. The van der Waals surface area contributed by atoms with Crippen molar-refractivity contribution in [3.8, 4) is 0 Å². The second kappa shape index (κ2) is 6.05. The van der Waals surface area contributed by atoms with Gasteiger partial charge in [0, 0.05) is 18.7 Å². The molecule has 1 fully saturated rings. The maximum atomic E-state index is 12.6. The normalized spacial score (nSPS) is 30.0. The van der Waals surface area contributed by atoms with E-state index < -0.39 is 12.1 Å². The number of hydrogen-bond acceptors (Lipinski definition) is 2. The minimum atomic E-state index is -4.06. The highest BCUT2D eigenvalue weighted by molar-refractivity contribution is 4.84. The van der Waals surface area contributed by atoms with Crippen LogP contribution in [0.5, 0.6) is 0 Å². The van der Waals surface area contributed by atoms with Gasteiger partial charge < -0.3 is 10.4 Å². The summed E-state index contributed by atoms with van der Waals surface area (Å²) in [5.41, 5.74) is 0. The van der Waals surface area contributed by atoms with Crippen molar-refractivity contribution in [3.63, 3.8) is 0 Å². The molecule has 1 aliphatic rings. The van der Waals surface area contributed by atoms with Crippen molar-refractivity contribution in [2.24, 2.45) is 11.8 Å². The van der Waals surface area contributed by atoms with Crippen molar-refractivity contribution >= 4 is 0 Å². The Morgan fingerprint density at radius 1 is 1.29 bits per heavy atom. The number of aliphatic hydroxyl groups is 1. The molecule has 0 amide bonds. The lowest BCUT2D eigenvalue weighted by Gasteiger charge is -2.34. The Bertz CT molecular complexity index is 232. The molecule has 1 saturated carbocycles. The van der Waals surface area contributed by atoms with Crippen LogP contribution in [0.25, 0.3) is 0 Å². The predicted molar refractivity (Wildman–Crippen MR) is 60.6 cm³/mol. The van der Waals surface area contributed by atoms with E-state index in [4.69, 9.17) is 5.11 Å². The Morgan fingerprint density at radius 3 is 2.47 bits per heavy atom. The molecule has 1 aliphatic carbocycles. The lowest BCUT2D eigenvalue weighted by atomic mass is 9.84. The summed E-state index contributed by atoms with van der Waals surface area (Å²) in [6, 6.07) is -0.0173. The number of alkyl halides is 3. The van der Waals surface area contributed by atoms with Gasteiger partial charge in [-0.15, -0.1) is 0 Å². The van der Waals surface area contributed by atoms with Crippen LogP contribution in [0.1, 0.15) is 39.5 Å². The van der Waals surface area contributed by atoms with Crippen LogP contribution in [0.4, 0.5) is 13.2 Å². The molecule has 17 heavy (non-hydrogen) atoms. The smallest absolute Gasteiger partial charge is 0.391 e. The van der Waals surface area contributed by atoms with E-state index in [9.17, 15) is 13.2 Å². The lowest BCUT2D eigenvalue weighted by molar-refractivity contribution is -0.184. The molecule has 5 heteroatoms. The van der Waals surface area contributed by atoms with E-state index in [2.05, 4.69) is 5.32 Å². The number of hydrogen-bond donors (Lipinski definition) is 2. The molecule has 0 spiro atoms. The molecule has 0 aromatic rings. The van der Waals surface area contributed by atoms with E-state index in [0.29, 0.717) is 6.42 Å². The Morgan fingerprint density at radius 2 is 1.94 bits per heavy atom. The maximum absolute atomic E-state index is 12.6. The van der Waals surface area contributed by atoms with Gasteiger partial charge in [-0.3, -0.25) is 0 Å². The standard InChI is InChI=1S/C12H22F3NO/c1-8(7-17)9(2)16-11-5-3-4-10(6-11)12(13,14)15/h8-11,16-17H,3-7H2,1-2H3. The molecule has 1 rings (SSSR count). The third-order valence-corrected chi connectivity index (χ3v) is 3.78. The largest absolute Gasteiger partial charge is 0.396 e. The molecule has 2 nitrogen and oxygen atoms in total. The van der Waals surface area contributed by atoms with Gasteiger partial charge in [-0.05, 0) is 32.1 Å². The first-order chi connectivity index (χ1) is 7.84. The van der Waals surface area contributed by atoms with Crippen LogP contribution in [0.15, 0.2) is 0 Å². The molecule has 2 N–H and O–H groups in total. The quantitative estimate of drug-likeness (QED) is 0.807. The Balaban J connectivity index is 2.45. The van der Waals surface area contributed by atoms with Crippen LogP contribution < -0.4 is 5.32 Å². The van der Waals surface area contributed by atoms with Crippen molar-refractivity contribution in [3.05, 3.63) is 0 Å². The maximum Gasteiger partial charge on any atom is 0.391 e. The second-order valence-electron chi connectivity index (χ2n) is 5.22. The summed E-state index contributed by atoms with van der Waals surface area (Å²) in [6.07, 6.45) is -2.21. The highest BCUT2D eigenvalue weighted by Crippen LogP contribution is 2.37. The summed E-state index contributed by atoms with van der Waals surface area (Å²) in [4.78, 5) is 0. The summed E-state index contributed by atoms with van der Waals surface area (Å²) in [6.45, 7) is 3.86. The number of halogens is 3. The molecule has 4 atom stereocenters. The van der Waals surface area contributed by atoms with E-state index in [1.807, 2.05) is 13.8 Å². The summed E-state index contributed by atoms with van der Waals surface area (Å²) in [5.74, 6) is -1.09. The Labute approximate surface area is 101 Å². The Kier molecular flexibility index (Phi) is 5.25. The average Bonchev–Trinajstić information content (AvgIpc) is 2.27. The summed E-state index contributed by atoms with van der Waals surface area (Å²) < 4.78 is 37.8. The van der Waals surface area contributed by atoms with E-state index in [1.165, 1.54) is 0 Å². The van der Waals surface area contributed by atoms with Crippen molar-refractivity contribution in [2.45, 2.75) is 57.8 Å². The molecule has 0 radical (unpaired) electrons. The van der Waals surface area contributed by atoms with Crippen LogP contribution in [-0.2, 0) is 0 Å². The molecule has 102 valence electrons.